The van der Waals surface area contributed by atoms with Crippen molar-refractivity contribution in [3.63, 3.8) is 0 Å². The molecule has 3 aromatic rings. The lowest BCUT2D eigenvalue weighted by molar-refractivity contribution is -0.140. The molecule has 0 aliphatic heterocycles. The summed E-state index contributed by atoms with van der Waals surface area (Å²) < 4.78 is 35.0. The van der Waals surface area contributed by atoms with Crippen molar-refractivity contribution in [1.29, 1.82) is 0 Å². The number of aryl methyl sites for hydroxylation is 2. The Morgan fingerprint density at radius 3 is 2.27 bits per heavy atom. The molecule has 1 N–H and O–H groups in total. The van der Waals surface area contributed by atoms with Crippen molar-refractivity contribution < 1.29 is 22.7 Å². The average Bonchev–Trinajstić information content (AvgIpc) is 2.95. The van der Waals surface area contributed by atoms with Crippen LogP contribution in [0.5, 0.6) is 5.75 Å². The minimum Gasteiger partial charge on any atom is -0.496 e. The Kier molecular flexibility index (Phi) is 11.4. The Morgan fingerprint density at radius 1 is 1.00 bits per heavy atom. The fourth-order valence-electron chi connectivity index (χ4n) is 4.43. The number of sulfonamides is 1. The number of carbonyl (C=O) groups excluding carboxylic acids is 2. The second-order valence-corrected chi connectivity index (χ2v) is 12.5. The van der Waals surface area contributed by atoms with E-state index in [1.54, 1.807) is 30.3 Å². The van der Waals surface area contributed by atoms with E-state index in [2.05, 4.69) is 21.2 Å². The second-order valence-electron chi connectivity index (χ2n) is 9.81. The number of methoxy groups -OCH3 is 1. The van der Waals surface area contributed by atoms with E-state index in [-0.39, 0.29) is 17.3 Å². The van der Waals surface area contributed by atoms with Crippen LogP contribution in [0.3, 0.4) is 0 Å². The summed E-state index contributed by atoms with van der Waals surface area (Å²) in [5.74, 6) is -0.265. The minimum absolute atomic E-state index is 0.00302. The van der Waals surface area contributed by atoms with Crippen molar-refractivity contribution in [2.24, 2.45) is 0 Å². The molecule has 0 aliphatic rings. The largest absolute Gasteiger partial charge is 0.496 e. The molecule has 3 aromatic carbocycles. The molecule has 2 amide bonds. The van der Waals surface area contributed by atoms with E-state index in [0.717, 1.165) is 27.4 Å². The van der Waals surface area contributed by atoms with Crippen LogP contribution in [-0.2, 0) is 26.2 Å². The highest BCUT2D eigenvalue weighted by Gasteiger charge is 2.34. The minimum atomic E-state index is -4.19. The van der Waals surface area contributed by atoms with Crippen LogP contribution in [0.15, 0.2) is 76.1 Å². The van der Waals surface area contributed by atoms with E-state index in [9.17, 15) is 18.0 Å². The molecule has 0 aromatic heterocycles. The number of hydrogen-bond acceptors (Lipinski definition) is 5. The zero-order valence-corrected chi connectivity index (χ0v) is 26.6. The van der Waals surface area contributed by atoms with E-state index in [0.29, 0.717) is 28.9 Å². The number of nitrogens with zero attached hydrogens (tertiary/aromatic N) is 2. The summed E-state index contributed by atoms with van der Waals surface area (Å²) in [6, 6.07) is 18.3. The van der Waals surface area contributed by atoms with E-state index in [1.165, 1.54) is 24.1 Å². The van der Waals surface area contributed by atoms with Crippen LogP contribution in [-0.4, -0.2) is 51.4 Å². The molecule has 0 unspecified atom stereocenters. The number of rotatable bonds is 13. The Balaban J connectivity index is 2.08. The Hall–Kier alpha value is -3.37. The van der Waals surface area contributed by atoms with Gasteiger partial charge in [0.1, 0.15) is 18.3 Å². The highest BCUT2D eigenvalue weighted by atomic mass is 79.9. The van der Waals surface area contributed by atoms with Gasteiger partial charge in [0.2, 0.25) is 11.8 Å². The molecule has 0 fully saturated rings. The van der Waals surface area contributed by atoms with Gasteiger partial charge in [0, 0.05) is 13.1 Å². The molecule has 0 bridgehead atoms. The van der Waals surface area contributed by atoms with Crippen molar-refractivity contribution in [2.45, 2.75) is 58.0 Å². The molecule has 41 heavy (non-hydrogen) atoms. The summed E-state index contributed by atoms with van der Waals surface area (Å²) in [6.45, 7) is 7.81. The highest BCUT2D eigenvalue weighted by molar-refractivity contribution is 9.10. The van der Waals surface area contributed by atoms with Crippen molar-refractivity contribution in [3.8, 4) is 5.75 Å². The van der Waals surface area contributed by atoms with Gasteiger partial charge in [-0.15, -0.1) is 0 Å². The number of benzene rings is 3. The first-order valence-electron chi connectivity index (χ1n) is 13.6. The monoisotopic (exact) mass is 643 g/mol. The second kappa shape index (κ2) is 14.5. The third-order valence-electron chi connectivity index (χ3n) is 6.85. The lowest BCUT2D eigenvalue weighted by Gasteiger charge is -2.33. The number of hydrogen-bond donors (Lipinski definition) is 1. The first-order chi connectivity index (χ1) is 19.5. The molecular formula is C31H38BrN3O5S. The number of ether oxygens (including phenoxy) is 1. The van der Waals surface area contributed by atoms with Crippen LogP contribution >= 0.6 is 15.9 Å². The number of nitrogens with one attached hydrogen (secondary N) is 1. The maximum atomic E-state index is 14.1. The quantitative estimate of drug-likeness (QED) is 0.261. The van der Waals surface area contributed by atoms with Gasteiger partial charge in [0.05, 0.1) is 22.2 Å². The van der Waals surface area contributed by atoms with Gasteiger partial charge >= 0.3 is 0 Å². The number of amides is 2. The van der Waals surface area contributed by atoms with Gasteiger partial charge in [-0.2, -0.15) is 0 Å². The molecule has 0 heterocycles. The van der Waals surface area contributed by atoms with E-state index < -0.39 is 28.5 Å². The Bertz CT molecular complexity index is 1460. The first-order valence-corrected chi connectivity index (χ1v) is 15.8. The molecule has 0 aliphatic carbocycles. The normalized spacial score (nSPS) is 12.0. The molecule has 8 nitrogen and oxygen atoms in total. The number of carbonyl (C=O) groups is 2. The molecular weight excluding hydrogens is 606 g/mol. The van der Waals surface area contributed by atoms with Gasteiger partial charge in [0.15, 0.2) is 0 Å². The van der Waals surface area contributed by atoms with E-state index in [4.69, 9.17) is 4.74 Å². The SMILES string of the molecule is CCCNC(=O)[C@H](CC)N(Cc1ccccc1C)C(=O)CN(c1ccc(C)cc1)S(=O)(=O)c1ccc(OC)c(Br)c1. The maximum Gasteiger partial charge on any atom is 0.264 e. The Labute approximate surface area is 251 Å². The summed E-state index contributed by atoms with van der Waals surface area (Å²) >= 11 is 3.37. The van der Waals surface area contributed by atoms with Crippen LogP contribution in [0.1, 0.15) is 43.4 Å². The molecule has 0 spiro atoms. The molecule has 0 saturated heterocycles. The summed E-state index contributed by atoms with van der Waals surface area (Å²) in [5.41, 5.74) is 3.14. The topological polar surface area (TPSA) is 96.0 Å². The predicted molar refractivity (Wildman–Crippen MR) is 166 cm³/mol. The molecule has 3 rings (SSSR count). The van der Waals surface area contributed by atoms with Gasteiger partial charge in [-0.05, 0) is 84.1 Å². The van der Waals surface area contributed by atoms with Gasteiger partial charge in [-0.25, -0.2) is 8.42 Å². The smallest absolute Gasteiger partial charge is 0.264 e. The average molecular weight is 645 g/mol. The summed E-state index contributed by atoms with van der Waals surface area (Å²) in [7, 11) is -2.70. The molecule has 220 valence electrons. The summed E-state index contributed by atoms with van der Waals surface area (Å²) in [4.78, 5) is 28.8. The Morgan fingerprint density at radius 2 is 1.68 bits per heavy atom. The zero-order valence-electron chi connectivity index (χ0n) is 24.2. The van der Waals surface area contributed by atoms with Crippen LogP contribution in [0.25, 0.3) is 0 Å². The lowest BCUT2D eigenvalue weighted by atomic mass is 10.1. The molecule has 0 saturated carbocycles. The van der Waals surface area contributed by atoms with Gasteiger partial charge in [0.25, 0.3) is 10.0 Å². The summed E-state index contributed by atoms with van der Waals surface area (Å²) in [6.07, 6.45) is 1.13. The van der Waals surface area contributed by atoms with Crippen molar-refractivity contribution >= 4 is 43.5 Å². The number of halogens is 1. The third-order valence-corrected chi connectivity index (χ3v) is 9.24. The third kappa shape index (κ3) is 7.89. The van der Waals surface area contributed by atoms with Crippen LogP contribution in [0, 0.1) is 13.8 Å². The van der Waals surface area contributed by atoms with Gasteiger partial charge in [-0.1, -0.05) is 55.8 Å². The summed E-state index contributed by atoms with van der Waals surface area (Å²) in [5, 5.41) is 2.90. The standard InChI is InChI=1S/C31H38BrN3O5S/c1-6-18-33-31(37)28(7-2)34(20-24-11-9-8-10-23(24)4)30(36)21-35(25-14-12-22(3)13-15-25)41(38,39)26-16-17-29(40-5)27(32)19-26/h8-17,19,28H,6-7,18,20-21H2,1-5H3,(H,33,37)/t28-/m0/s1. The van der Waals surface area contributed by atoms with E-state index >= 15 is 0 Å². The fourth-order valence-corrected chi connectivity index (χ4v) is 6.56. The van der Waals surface area contributed by atoms with Gasteiger partial charge < -0.3 is 15.0 Å². The fraction of sp³-hybridized carbons (Fsp3) is 0.355. The molecule has 0 radical (unpaired) electrons. The number of anilines is 1. The molecule has 10 heteroatoms. The van der Waals surface area contributed by atoms with Crippen LogP contribution < -0.4 is 14.4 Å². The van der Waals surface area contributed by atoms with Crippen molar-refractivity contribution in [3.05, 3.63) is 87.9 Å². The zero-order chi connectivity index (χ0) is 30.2. The van der Waals surface area contributed by atoms with Crippen LogP contribution in [0.2, 0.25) is 0 Å². The van der Waals surface area contributed by atoms with Crippen LogP contribution in [0.4, 0.5) is 5.69 Å². The van der Waals surface area contributed by atoms with Crippen molar-refractivity contribution in [1.82, 2.24) is 10.2 Å². The maximum absolute atomic E-state index is 14.1. The first kappa shape index (κ1) is 32.1. The highest BCUT2D eigenvalue weighted by Crippen LogP contribution is 2.31. The predicted octanol–water partition coefficient (Wildman–Crippen LogP) is 5.60. The van der Waals surface area contributed by atoms with Crippen molar-refractivity contribution in [2.75, 3.05) is 24.5 Å². The lowest BCUT2D eigenvalue weighted by Crippen LogP contribution is -2.52. The van der Waals surface area contributed by atoms with E-state index in [1.807, 2.05) is 52.0 Å². The molecule has 1 atom stereocenters. The van der Waals surface area contributed by atoms with Gasteiger partial charge in [-0.3, -0.25) is 13.9 Å².